The highest BCUT2D eigenvalue weighted by Gasteiger charge is 2.23. The molecule has 4 rings (SSSR count). The minimum absolute atomic E-state index is 0.0232. The number of aliphatic carboxylic acids is 1. The molecule has 0 bridgehead atoms. The van der Waals surface area contributed by atoms with Gasteiger partial charge in [0, 0.05) is 17.5 Å². The van der Waals surface area contributed by atoms with Crippen molar-refractivity contribution < 1.29 is 19.4 Å². The summed E-state index contributed by atoms with van der Waals surface area (Å²) in [5.41, 5.74) is 2.96. The van der Waals surface area contributed by atoms with Gasteiger partial charge in [-0.2, -0.15) is 0 Å². The molecule has 1 aromatic heterocycles. The predicted molar refractivity (Wildman–Crippen MR) is 105 cm³/mol. The maximum atomic E-state index is 12.3. The van der Waals surface area contributed by atoms with Crippen molar-refractivity contribution in [2.75, 3.05) is 0 Å². The Morgan fingerprint density at radius 1 is 1.11 bits per heavy atom. The Labute approximate surface area is 161 Å². The van der Waals surface area contributed by atoms with Crippen LogP contribution in [-0.2, 0) is 30.6 Å². The van der Waals surface area contributed by atoms with Gasteiger partial charge in [-0.3, -0.25) is 10.1 Å². The van der Waals surface area contributed by atoms with Crippen molar-refractivity contribution in [1.29, 1.82) is 0 Å². The molecule has 6 heteroatoms. The number of aryl methyl sites for hydroxylation is 1. The lowest BCUT2D eigenvalue weighted by molar-refractivity contribution is -0.139. The van der Waals surface area contributed by atoms with Crippen molar-refractivity contribution in [2.24, 2.45) is 0 Å². The molecule has 0 aliphatic heterocycles. The number of carboxylic acids is 1. The van der Waals surface area contributed by atoms with E-state index in [9.17, 15) is 19.8 Å². The van der Waals surface area contributed by atoms with Crippen LogP contribution in [0.4, 0.5) is 0 Å². The molecule has 1 atom stereocenters. The third kappa shape index (κ3) is 3.39. The SMILES string of the molecule is O=C(O)[C@H](Cc1ccccc1)NCc1c(O)ccc2c3c(c(=O)oc12)CCC3. The maximum absolute atomic E-state index is 12.3. The summed E-state index contributed by atoms with van der Waals surface area (Å²) >= 11 is 0. The standard InChI is InChI=1S/C22H21NO5/c24-19-10-9-15-14-7-4-8-16(14)22(27)28-20(15)17(19)12-23-18(21(25)26)11-13-5-2-1-3-6-13/h1-3,5-6,9-10,18,23-24H,4,7-8,11-12H2,(H,25,26)/t18-/m0/s1. The van der Waals surface area contributed by atoms with E-state index in [1.165, 1.54) is 0 Å². The van der Waals surface area contributed by atoms with E-state index in [0.29, 0.717) is 29.6 Å². The molecule has 28 heavy (non-hydrogen) atoms. The number of fused-ring (bicyclic) bond motifs is 3. The number of carboxylic acid groups (broad SMARTS) is 1. The van der Waals surface area contributed by atoms with Crippen molar-refractivity contribution in [3.05, 3.63) is 75.1 Å². The summed E-state index contributed by atoms with van der Waals surface area (Å²) in [6.45, 7) is 0.0781. The lowest BCUT2D eigenvalue weighted by Crippen LogP contribution is -2.38. The van der Waals surface area contributed by atoms with Crippen molar-refractivity contribution >= 4 is 16.9 Å². The second-order valence-corrected chi connectivity index (χ2v) is 7.10. The number of carbonyl (C=O) groups is 1. The normalized spacial score (nSPS) is 14.1. The van der Waals surface area contributed by atoms with Gasteiger partial charge in [0.05, 0.1) is 5.56 Å². The van der Waals surface area contributed by atoms with Crippen molar-refractivity contribution in [1.82, 2.24) is 5.32 Å². The van der Waals surface area contributed by atoms with Gasteiger partial charge in [-0.05, 0) is 48.9 Å². The van der Waals surface area contributed by atoms with Crippen molar-refractivity contribution in [3.63, 3.8) is 0 Å². The Morgan fingerprint density at radius 3 is 2.61 bits per heavy atom. The Bertz CT molecular complexity index is 1090. The van der Waals surface area contributed by atoms with E-state index < -0.39 is 12.0 Å². The van der Waals surface area contributed by atoms with Crippen LogP contribution in [-0.4, -0.2) is 22.2 Å². The zero-order chi connectivity index (χ0) is 19.7. The van der Waals surface area contributed by atoms with E-state index in [0.717, 1.165) is 29.4 Å². The number of phenols is 1. The highest BCUT2D eigenvalue weighted by Crippen LogP contribution is 2.33. The molecule has 1 aliphatic rings. The minimum atomic E-state index is -0.981. The molecule has 0 fully saturated rings. The molecule has 0 radical (unpaired) electrons. The number of nitrogens with one attached hydrogen (secondary N) is 1. The number of phenolic OH excluding ortho intramolecular Hbond substituents is 1. The molecule has 0 amide bonds. The minimum Gasteiger partial charge on any atom is -0.507 e. The van der Waals surface area contributed by atoms with Crippen LogP contribution >= 0.6 is 0 Å². The monoisotopic (exact) mass is 379 g/mol. The summed E-state index contributed by atoms with van der Waals surface area (Å²) in [5, 5.41) is 23.7. The van der Waals surface area contributed by atoms with Crippen LogP contribution in [0.2, 0.25) is 0 Å². The van der Waals surface area contributed by atoms with Gasteiger partial charge in [0.2, 0.25) is 0 Å². The van der Waals surface area contributed by atoms with E-state index in [-0.39, 0.29) is 17.9 Å². The second kappa shape index (κ2) is 7.48. The zero-order valence-corrected chi connectivity index (χ0v) is 15.3. The van der Waals surface area contributed by atoms with Gasteiger partial charge in [0.25, 0.3) is 0 Å². The molecule has 144 valence electrons. The molecule has 1 heterocycles. The number of rotatable bonds is 6. The topological polar surface area (TPSA) is 99.8 Å². The molecule has 0 spiro atoms. The highest BCUT2D eigenvalue weighted by atomic mass is 16.4. The van der Waals surface area contributed by atoms with Crippen molar-refractivity contribution in [3.8, 4) is 5.75 Å². The Hall–Kier alpha value is -3.12. The van der Waals surface area contributed by atoms with E-state index in [4.69, 9.17) is 4.42 Å². The first kappa shape index (κ1) is 18.3. The smallest absolute Gasteiger partial charge is 0.339 e. The lowest BCUT2D eigenvalue weighted by Gasteiger charge is -2.16. The molecule has 3 N–H and O–H groups in total. The Balaban J connectivity index is 1.65. The molecular weight excluding hydrogens is 358 g/mol. The van der Waals surface area contributed by atoms with Crippen molar-refractivity contribution in [2.45, 2.75) is 38.3 Å². The fraction of sp³-hybridized carbons (Fsp3) is 0.273. The number of aromatic hydroxyl groups is 1. The Morgan fingerprint density at radius 2 is 1.86 bits per heavy atom. The number of benzene rings is 2. The van der Waals surface area contributed by atoms with Crippen LogP contribution in [0.15, 0.2) is 51.7 Å². The van der Waals surface area contributed by atoms with E-state index in [1.54, 1.807) is 12.1 Å². The first-order valence-electron chi connectivity index (χ1n) is 9.34. The van der Waals surface area contributed by atoms with Gasteiger partial charge in [-0.25, -0.2) is 4.79 Å². The van der Waals surface area contributed by atoms with Gasteiger partial charge < -0.3 is 14.6 Å². The quantitative estimate of drug-likeness (QED) is 0.570. The fourth-order valence-electron chi connectivity index (χ4n) is 3.88. The third-order valence-corrected chi connectivity index (χ3v) is 5.33. The molecule has 6 nitrogen and oxygen atoms in total. The summed E-state index contributed by atoms with van der Waals surface area (Å²) in [6.07, 6.45) is 2.73. The van der Waals surface area contributed by atoms with E-state index >= 15 is 0 Å². The summed E-state index contributed by atoms with van der Waals surface area (Å²) in [7, 11) is 0. The van der Waals surface area contributed by atoms with E-state index in [2.05, 4.69) is 5.32 Å². The summed E-state index contributed by atoms with van der Waals surface area (Å²) in [4.78, 5) is 24.0. The van der Waals surface area contributed by atoms with Crippen LogP contribution in [0.3, 0.4) is 0 Å². The molecule has 0 saturated heterocycles. The average Bonchev–Trinajstić information content (AvgIpc) is 3.18. The molecule has 0 unspecified atom stereocenters. The van der Waals surface area contributed by atoms with Gasteiger partial charge >= 0.3 is 11.6 Å². The molecular formula is C22H21NO5. The van der Waals surface area contributed by atoms with E-state index in [1.807, 2.05) is 30.3 Å². The Kier molecular flexibility index (Phi) is 4.88. The zero-order valence-electron chi connectivity index (χ0n) is 15.3. The number of hydrogen-bond acceptors (Lipinski definition) is 5. The summed E-state index contributed by atoms with van der Waals surface area (Å²) < 4.78 is 5.52. The molecule has 2 aromatic carbocycles. The molecule has 3 aromatic rings. The second-order valence-electron chi connectivity index (χ2n) is 7.10. The molecule has 0 saturated carbocycles. The first-order chi connectivity index (χ1) is 13.5. The van der Waals surface area contributed by atoms with Gasteiger partial charge in [0.15, 0.2) is 0 Å². The lowest BCUT2D eigenvalue weighted by atomic mass is 10.0. The average molecular weight is 379 g/mol. The van der Waals surface area contributed by atoms with Crippen LogP contribution in [0, 0.1) is 0 Å². The van der Waals surface area contributed by atoms with Crippen LogP contribution < -0.4 is 10.9 Å². The van der Waals surface area contributed by atoms with Gasteiger partial charge in [-0.1, -0.05) is 30.3 Å². The fourth-order valence-corrected chi connectivity index (χ4v) is 3.88. The van der Waals surface area contributed by atoms with Crippen LogP contribution in [0.1, 0.15) is 28.7 Å². The third-order valence-electron chi connectivity index (χ3n) is 5.33. The van der Waals surface area contributed by atoms with Gasteiger partial charge in [0.1, 0.15) is 17.4 Å². The predicted octanol–water partition coefficient (Wildman–Crippen LogP) is 2.77. The molecule has 1 aliphatic carbocycles. The summed E-state index contributed by atoms with van der Waals surface area (Å²) in [5.74, 6) is -1.00. The summed E-state index contributed by atoms with van der Waals surface area (Å²) in [6, 6.07) is 11.8. The maximum Gasteiger partial charge on any atom is 0.339 e. The highest BCUT2D eigenvalue weighted by molar-refractivity contribution is 5.86. The van der Waals surface area contributed by atoms with Crippen LogP contribution in [0.5, 0.6) is 5.75 Å². The number of hydrogen-bond donors (Lipinski definition) is 3. The largest absolute Gasteiger partial charge is 0.507 e. The van der Waals surface area contributed by atoms with Crippen LogP contribution in [0.25, 0.3) is 11.0 Å². The van der Waals surface area contributed by atoms with Gasteiger partial charge in [-0.15, -0.1) is 0 Å². The first-order valence-corrected chi connectivity index (χ1v) is 9.34.